The number of hydrogen-bond acceptors (Lipinski definition) is 3. The van der Waals surface area contributed by atoms with Crippen LogP contribution >= 0.6 is 11.6 Å². The molecule has 0 saturated carbocycles. The molecular weight excluding hydrogens is 216 g/mol. The Morgan fingerprint density at radius 3 is 2.60 bits per heavy atom. The molecule has 0 N–H and O–H groups in total. The minimum atomic E-state index is -0.179. The monoisotopic (exact) mass is 230 g/mol. The van der Waals surface area contributed by atoms with Crippen LogP contribution in [0.1, 0.15) is 29.1 Å². The normalized spacial score (nSPS) is 12.6. The Morgan fingerprint density at radius 2 is 2.20 bits per heavy atom. The molecule has 0 bridgehead atoms. The van der Waals surface area contributed by atoms with Crippen molar-refractivity contribution in [1.82, 2.24) is 9.88 Å². The number of aryl methyl sites for hydroxylation is 2. The summed E-state index contributed by atoms with van der Waals surface area (Å²) in [6.07, 6.45) is 0. The SMILES string of the molecule is Cc1nc(C)c(C(=O)N(C)C(C)CCl)o1. The Hall–Kier alpha value is -1.03. The van der Waals surface area contributed by atoms with Crippen molar-refractivity contribution in [2.45, 2.75) is 26.8 Å². The summed E-state index contributed by atoms with van der Waals surface area (Å²) >= 11 is 5.68. The average Bonchev–Trinajstić information content (AvgIpc) is 2.54. The lowest BCUT2D eigenvalue weighted by Crippen LogP contribution is -2.36. The third-order valence-corrected chi connectivity index (χ3v) is 2.75. The van der Waals surface area contributed by atoms with Crippen LogP contribution in [0, 0.1) is 13.8 Å². The summed E-state index contributed by atoms with van der Waals surface area (Å²) in [4.78, 5) is 17.5. The molecule has 0 saturated heterocycles. The zero-order chi connectivity index (χ0) is 11.6. The molecule has 1 heterocycles. The van der Waals surface area contributed by atoms with Gasteiger partial charge in [-0.15, -0.1) is 11.6 Å². The summed E-state index contributed by atoms with van der Waals surface area (Å²) in [5.41, 5.74) is 0.617. The molecule has 0 aliphatic heterocycles. The lowest BCUT2D eigenvalue weighted by atomic mass is 10.3. The molecule has 5 heteroatoms. The number of hydrogen-bond donors (Lipinski definition) is 0. The summed E-state index contributed by atoms with van der Waals surface area (Å²) in [7, 11) is 1.70. The largest absolute Gasteiger partial charge is 0.436 e. The van der Waals surface area contributed by atoms with E-state index in [0.29, 0.717) is 23.2 Å². The second-order valence-electron chi connectivity index (χ2n) is 3.57. The van der Waals surface area contributed by atoms with Gasteiger partial charge in [0.15, 0.2) is 5.89 Å². The number of carbonyl (C=O) groups excluding carboxylic acids is 1. The van der Waals surface area contributed by atoms with Gasteiger partial charge in [-0.3, -0.25) is 4.79 Å². The molecule has 84 valence electrons. The van der Waals surface area contributed by atoms with E-state index in [2.05, 4.69) is 4.98 Å². The van der Waals surface area contributed by atoms with Crippen LogP contribution in [0.2, 0.25) is 0 Å². The fourth-order valence-electron chi connectivity index (χ4n) is 1.19. The van der Waals surface area contributed by atoms with E-state index in [4.69, 9.17) is 16.0 Å². The van der Waals surface area contributed by atoms with Gasteiger partial charge in [-0.2, -0.15) is 0 Å². The molecule has 1 amide bonds. The van der Waals surface area contributed by atoms with Gasteiger partial charge in [0.2, 0.25) is 5.76 Å². The quantitative estimate of drug-likeness (QED) is 0.746. The topological polar surface area (TPSA) is 46.3 Å². The van der Waals surface area contributed by atoms with Crippen LogP contribution in [0.25, 0.3) is 0 Å². The molecular formula is C10H15ClN2O2. The summed E-state index contributed by atoms with van der Waals surface area (Å²) in [6, 6.07) is -0.0241. The number of rotatable bonds is 3. The molecule has 0 fully saturated rings. The number of alkyl halides is 1. The van der Waals surface area contributed by atoms with Crippen LogP contribution in [0.3, 0.4) is 0 Å². The maximum atomic E-state index is 11.9. The molecule has 1 atom stereocenters. The molecule has 1 rings (SSSR count). The minimum absolute atomic E-state index is 0.0241. The smallest absolute Gasteiger partial charge is 0.291 e. The second kappa shape index (κ2) is 4.66. The van der Waals surface area contributed by atoms with Gasteiger partial charge < -0.3 is 9.32 Å². The molecule has 0 spiro atoms. The van der Waals surface area contributed by atoms with Crippen molar-refractivity contribution in [2.75, 3.05) is 12.9 Å². The van der Waals surface area contributed by atoms with Gasteiger partial charge >= 0.3 is 0 Å². The predicted octanol–water partition coefficient (Wildman–Crippen LogP) is 1.99. The first-order chi connectivity index (χ1) is 6.97. The van der Waals surface area contributed by atoms with Gasteiger partial charge in [-0.1, -0.05) is 0 Å². The van der Waals surface area contributed by atoms with Gasteiger partial charge in [-0.05, 0) is 13.8 Å². The van der Waals surface area contributed by atoms with E-state index in [-0.39, 0.29) is 11.9 Å². The van der Waals surface area contributed by atoms with Crippen LogP contribution in [-0.4, -0.2) is 34.8 Å². The molecule has 4 nitrogen and oxygen atoms in total. The van der Waals surface area contributed by atoms with E-state index in [0.717, 1.165) is 0 Å². The lowest BCUT2D eigenvalue weighted by molar-refractivity contribution is 0.0722. The Labute approximate surface area is 94.2 Å². The zero-order valence-corrected chi connectivity index (χ0v) is 10.1. The van der Waals surface area contributed by atoms with Gasteiger partial charge in [-0.25, -0.2) is 4.98 Å². The maximum absolute atomic E-state index is 11.9. The third-order valence-electron chi connectivity index (χ3n) is 2.30. The molecule has 0 radical (unpaired) electrons. The first-order valence-electron chi connectivity index (χ1n) is 4.74. The standard InChI is InChI=1S/C10H15ClN2O2/c1-6(5-11)13(4)10(14)9-7(2)12-8(3)15-9/h6H,5H2,1-4H3. The molecule has 1 aromatic heterocycles. The van der Waals surface area contributed by atoms with Gasteiger partial charge in [0.25, 0.3) is 5.91 Å². The second-order valence-corrected chi connectivity index (χ2v) is 3.88. The highest BCUT2D eigenvalue weighted by Crippen LogP contribution is 2.13. The number of halogens is 1. The van der Waals surface area contributed by atoms with Crippen LogP contribution in [0.4, 0.5) is 0 Å². The Kier molecular flexibility index (Phi) is 3.74. The highest BCUT2D eigenvalue weighted by molar-refractivity contribution is 6.18. The van der Waals surface area contributed by atoms with E-state index in [1.807, 2.05) is 6.92 Å². The predicted molar refractivity (Wildman–Crippen MR) is 58.3 cm³/mol. The molecule has 0 aliphatic carbocycles. The molecule has 1 aromatic rings. The van der Waals surface area contributed by atoms with Gasteiger partial charge in [0, 0.05) is 25.9 Å². The van der Waals surface area contributed by atoms with E-state index in [9.17, 15) is 4.79 Å². The average molecular weight is 231 g/mol. The van der Waals surface area contributed by atoms with Crippen molar-refractivity contribution in [3.8, 4) is 0 Å². The van der Waals surface area contributed by atoms with E-state index in [1.54, 1.807) is 25.8 Å². The van der Waals surface area contributed by atoms with E-state index >= 15 is 0 Å². The highest BCUT2D eigenvalue weighted by atomic mass is 35.5. The maximum Gasteiger partial charge on any atom is 0.291 e. The van der Waals surface area contributed by atoms with Crippen LogP contribution in [0.5, 0.6) is 0 Å². The van der Waals surface area contributed by atoms with Crippen molar-refractivity contribution < 1.29 is 9.21 Å². The van der Waals surface area contributed by atoms with Crippen molar-refractivity contribution in [3.63, 3.8) is 0 Å². The molecule has 15 heavy (non-hydrogen) atoms. The first-order valence-corrected chi connectivity index (χ1v) is 5.28. The van der Waals surface area contributed by atoms with Crippen LogP contribution in [-0.2, 0) is 0 Å². The van der Waals surface area contributed by atoms with Crippen molar-refractivity contribution in [2.24, 2.45) is 0 Å². The highest BCUT2D eigenvalue weighted by Gasteiger charge is 2.22. The van der Waals surface area contributed by atoms with Crippen LogP contribution < -0.4 is 0 Å². The Morgan fingerprint density at radius 1 is 1.60 bits per heavy atom. The number of oxazole rings is 1. The van der Waals surface area contributed by atoms with Gasteiger partial charge in [0.05, 0.1) is 5.69 Å². The molecule has 0 aromatic carbocycles. The number of nitrogens with zero attached hydrogens (tertiary/aromatic N) is 2. The summed E-state index contributed by atoms with van der Waals surface area (Å²) < 4.78 is 5.25. The molecule has 0 aliphatic rings. The minimum Gasteiger partial charge on any atom is -0.436 e. The Bertz CT molecular complexity index is 362. The number of amides is 1. The summed E-state index contributed by atoms with van der Waals surface area (Å²) in [5.74, 6) is 1.02. The van der Waals surface area contributed by atoms with E-state index in [1.165, 1.54) is 0 Å². The molecule has 1 unspecified atom stereocenters. The van der Waals surface area contributed by atoms with Crippen LogP contribution in [0.15, 0.2) is 4.42 Å². The zero-order valence-electron chi connectivity index (χ0n) is 9.37. The van der Waals surface area contributed by atoms with Gasteiger partial charge in [0.1, 0.15) is 0 Å². The Balaban J connectivity index is 2.89. The summed E-state index contributed by atoms with van der Waals surface area (Å²) in [5, 5.41) is 0. The van der Waals surface area contributed by atoms with Crippen molar-refractivity contribution in [3.05, 3.63) is 17.3 Å². The fourth-order valence-corrected chi connectivity index (χ4v) is 1.40. The number of aromatic nitrogens is 1. The first kappa shape index (κ1) is 12.0. The third kappa shape index (κ3) is 2.50. The number of carbonyl (C=O) groups is 1. The van der Waals surface area contributed by atoms with E-state index < -0.39 is 0 Å². The lowest BCUT2D eigenvalue weighted by Gasteiger charge is -2.21. The van der Waals surface area contributed by atoms with Crippen molar-refractivity contribution in [1.29, 1.82) is 0 Å². The summed E-state index contributed by atoms with van der Waals surface area (Å²) in [6.45, 7) is 5.35. The van der Waals surface area contributed by atoms with Crippen molar-refractivity contribution >= 4 is 17.5 Å². The fraction of sp³-hybridized carbons (Fsp3) is 0.600.